The zero-order chi connectivity index (χ0) is 13.7. The smallest absolute Gasteiger partial charge is 0.174 e. The first-order valence-electron chi connectivity index (χ1n) is 6.36. The molecule has 0 saturated carbocycles. The van der Waals surface area contributed by atoms with Gasteiger partial charge in [-0.2, -0.15) is 0 Å². The van der Waals surface area contributed by atoms with E-state index in [-0.39, 0.29) is 0 Å². The molecule has 1 unspecified atom stereocenters. The van der Waals surface area contributed by atoms with Crippen molar-refractivity contribution < 1.29 is 0 Å². The van der Waals surface area contributed by atoms with Crippen molar-refractivity contribution in [3.05, 3.63) is 40.9 Å². The summed E-state index contributed by atoms with van der Waals surface area (Å²) in [4.78, 5) is 0. The lowest BCUT2D eigenvalue weighted by molar-refractivity contribution is 0.661. The fourth-order valence-corrected chi connectivity index (χ4v) is 3.50. The molecule has 1 aromatic carbocycles. The van der Waals surface area contributed by atoms with Gasteiger partial charge in [0.25, 0.3) is 0 Å². The molecular weight excluding hydrogens is 274 g/mol. The molecule has 0 aliphatic carbocycles. The Bertz CT molecular complexity index is 480. The Labute approximate surface area is 122 Å². The van der Waals surface area contributed by atoms with Crippen LogP contribution in [-0.2, 0) is 0 Å². The van der Waals surface area contributed by atoms with E-state index in [1.807, 2.05) is 7.05 Å². The molecular formula is C14H19N3S2. The summed E-state index contributed by atoms with van der Waals surface area (Å²) in [5.74, 6) is 1.55. The lowest BCUT2D eigenvalue weighted by Gasteiger charge is -2.16. The lowest BCUT2D eigenvalue weighted by Crippen LogP contribution is -2.18. The Kier molecular flexibility index (Phi) is 5.36. The van der Waals surface area contributed by atoms with Crippen LogP contribution in [-0.4, -0.2) is 23.0 Å². The third-order valence-electron chi connectivity index (χ3n) is 3.07. The number of hydrogen-bond acceptors (Lipinski definition) is 5. The van der Waals surface area contributed by atoms with E-state index in [2.05, 4.69) is 53.6 Å². The number of nitrogens with zero attached hydrogens (tertiary/aromatic N) is 2. The molecule has 1 atom stereocenters. The molecule has 1 heterocycles. The molecule has 0 bridgehead atoms. The van der Waals surface area contributed by atoms with Crippen LogP contribution in [0.15, 0.2) is 34.1 Å². The van der Waals surface area contributed by atoms with Crippen molar-refractivity contribution in [2.75, 3.05) is 12.8 Å². The van der Waals surface area contributed by atoms with Gasteiger partial charge in [-0.1, -0.05) is 61.2 Å². The number of hydrogen-bond donors (Lipinski definition) is 1. The second kappa shape index (κ2) is 7.03. The average molecular weight is 293 g/mol. The minimum Gasteiger partial charge on any atom is -0.312 e. The van der Waals surface area contributed by atoms with Gasteiger partial charge in [-0.15, -0.1) is 10.2 Å². The van der Waals surface area contributed by atoms with Gasteiger partial charge in [-0.3, -0.25) is 0 Å². The van der Waals surface area contributed by atoms with Gasteiger partial charge in [0.2, 0.25) is 0 Å². The van der Waals surface area contributed by atoms with E-state index in [0.29, 0.717) is 12.0 Å². The summed E-state index contributed by atoms with van der Waals surface area (Å²) in [7, 11) is 2.00. The molecule has 0 fully saturated rings. The molecule has 102 valence electrons. The average Bonchev–Trinajstić information content (AvgIpc) is 2.93. The van der Waals surface area contributed by atoms with Gasteiger partial charge in [0.05, 0.1) is 0 Å². The Balaban J connectivity index is 2.00. The fourth-order valence-electron chi connectivity index (χ4n) is 1.84. The Morgan fingerprint density at radius 1 is 1.21 bits per heavy atom. The van der Waals surface area contributed by atoms with Crippen LogP contribution in [0.5, 0.6) is 0 Å². The van der Waals surface area contributed by atoms with Gasteiger partial charge in [0.15, 0.2) is 4.34 Å². The van der Waals surface area contributed by atoms with Crippen LogP contribution in [0.25, 0.3) is 0 Å². The highest BCUT2D eigenvalue weighted by molar-refractivity contribution is 8.01. The van der Waals surface area contributed by atoms with Gasteiger partial charge in [-0.05, 0) is 24.1 Å². The fraction of sp³-hybridized carbons (Fsp3) is 0.429. The SMILES string of the molecule is CNC(CSc1nncs1)c1ccc(C(C)C)cc1. The van der Waals surface area contributed by atoms with Crippen molar-refractivity contribution >= 4 is 23.1 Å². The van der Waals surface area contributed by atoms with E-state index in [0.717, 1.165) is 10.1 Å². The Morgan fingerprint density at radius 2 is 1.89 bits per heavy atom. The highest BCUT2D eigenvalue weighted by Gasteiger charge is 2.11. The summed E-state index contributed by atoms with van der Waals surface area (Å²) in [5, 5.41) is 11.3. The van der Waals surface area contributed by atoms with Crippen LogP contribution < -0.4 is 5.32 Å². The van der Waals surface area contributed by atoms with Crippen molar-refractivity contribution in [3.8, 4) is 0 Å². The number of rotatable bonds is 6. The van der Waals surface area contributed by atoms with Gasteiger partial charge in [0.1, 0.15) is 5.51 Å². The summed E-state index contributed by atoms with van der Waals surface area (Å²) < 4.78 is 1.03. The standard InChI is InChI=1S/C14H19N3S2/c1-10(2)11-4-6-12(7-5-11)13(15-3)8-18-14-17-16-9-19-14/h4-7,9-10,13,15H,8H2,1-3H3. The summed E-state index contributed by atoms with van der Waals surface area (Å²) in [6.45, 7) is 4.44. The van der Waals surface area contributed by atoms with Crippen molar-refractivity contribution in [1.82, 2.24) is 15.5 Å². The maximum absolute atomic E-state index is 4.06. The summed E-state index contributed by atoms with van der Waals surface area (Å²) in [6.07, 6.45) is 0. The first-order valence-corrected chi connectivity index (χ1v) is 8.23. The molecule has 0 radical (unpaired) electrons. The predicted octanol–water partition coefficient (Wildman–Crippen LogP) is 3.71. The first-order chi connectivity index (χ1) is 9.20. The van der Waals surface area contributed by atoms with Gasteiger partial charge >= 0.3 is 0 Å². The minimum absolute atomic E-state index is 0.343. The molecule has 0 aliphatic heterocycles. The van der Waals surface area contributed by atoms with Crippen LogP contribution in [0, 0.1) is 0 Å². The van der Waals surface area contributed by atoms with Crippen molar-refractivity contribution in [1.29, 1.82) is 0 Å². The molecule has 0 amide bonds. The van der Waals surface area contributed by atoms with E-state index in [1.54, 1.807) is 28.6 Å². The van der Waals surface area contributed by atoms with E-state index in [4.69, 9.17) is 0 Å². The molecule has 2 aromatic rings. The molecule has 3 nitrogen and oxygen atoms in total. The third-order valence-corrected chi connectivity index (χ3v) is 5.02. The van der Waals surface area contributed by atoms with Gasteiger partial charge < -0.3 is 5.32 Å². The third kappa shape index (κ3) is 4.03. The van der Waals surface area contributed by atoms with E-state index in [1.165, 1.54) is 11.1 Å². The molecule has 1 N–H and O–H groups in total. The highest BCUT2D eigenvalue weighted by Crippen LogP contribution is 2.26. The monoisotopic (exact) mass is 293 g/mol. The molecule has 19 heavy (non-hydrogen) atoms. The van der Waals surface area contributed by atoms with Gasteiger partial charge in [0, 0.05) is 11.8 Å². The number of thioether (sulfide) groups is 1. The first kappa shape index (κ1) is 14.5. The van der Waals surface area contributed by atoms with Crippen LogP contribution >= 0.6 is 23.1 Å². The van der Waals surface area contributed by atoms with E-state index >= 15 is 0 Å². The number of benzene rings is 1. The zero-order valence-corrected chi connectivity index (χ0v) is 13.1. The number of nitrogens with one attached hydrogen (secondary N) is 1. The van der Waals surface area contributed by atoms with Crippen LogP contribution in [0.4, 0.5) is 0 Å². The Morgan fingerprint density at radius 3 is 2.42 bits per heavy atom. The summed E-state index contributed by atoms with van der Waals surface area (Å²) in [6, 6.07) is 9.23. The molecule has 0 saturated heterocycles. The zero-order valence-electron chi connectivity index (χ0n) is 11.5. The molecule has 5 heteroatoms. The Hall–Kier alpha value is -0.910. The minimum atomic E-state index is 0.343. The summed E-state index contributed by atoms with van der Waals surface area (Å²) in [5.41, 5.74) is 4.48. The van der Waals surface area contributed by atoms with Gasteiger partial charge in [-0.25, -0.2) is 0 Å². The maximum Gasteiger partial charge on any atom is 0.174 e. The molecule has 0 spiro atoms. The van der Waals surface area contributed by atoms with Crippen molar-refractivity contribution in [2.45, 2.75) is 30.1 Å². The second-order valence-corrected chi connectivity index (χ2v) is 6.78. The van der Waals surface area contributed by atoms with Crippen LogP contribution in [0.3, 0.4) is 0 Å². The molecule has 2 rings (SSSR count). The quantitative estimate of drug-likeness (QED) is 0.824. The van der Waals surface area contributed by atoms with Crippen LogP contribution in [0.2, 0.25) is 0 Å². The number of aromatic nitrogens is 2. The normalized spacial score (nSPS) is 12.8. The highest BCUT2D eigenvalue weighted by atomic mass is 32.2. The second-order valence-electron chi connectivity index (χ2n) is 4.68. The molecule has 1 aromatic heterocycles. The predicted molar refractivity (Wildman–Crippen MR) is 83.0 cm³/mol. The topological polar surface area (TPSA) is 37.8 Å². The molecule has 0 aliphatic rings. The van der Waals surface area contributed by atoms with E-state index in [9.17, 15) is 0 Å². The van der Waals surface area contributed by atoms with Crippen LogP contribution in [0.1, 0.15) is 36.9 Å². The van der Waals surface area contributed by atoms with Crippen molar-refractivity contribution in [3.63, 3.8) is 0 Å². The van der Waals surface area contributed by atoms with Crippen molar-refractivity contribution in [2.24, 2.45) is 0 Å². The summed E-state index contributed by atoms with van der Waals surface area (Å²) >= 11 is 3.34. The van der Waals surface area contributed by atoms with E-state index < -0.39 is 0 Å². The lowest BCUT2D eigenvalue weighted by atomic mass is 10.00. The largest absolute Gasteiger partial charge is 0.312 e. The maximum atomic E-state index is 4.06.